The first-order chi connectivity index (χ1) is 18.1. The lowest BCUT2D eigenvalue weighted by atomic mass is 9.89. The van der Waals surface area contributed by atoms with Crippen molar-refractivity contribution in [1.82, 2.24) is 26.0 Å². The molecule has 0 bridgehead atoms. The fraction of sp³-hybridized carbons (Fsp3) is 0.440. The van der Waals surface area contributed by atoms with Crippen LogP contribution in [0.5, 0.6) is 0 Å². The van der Waals surface area contributed by atoms with Gasteiger partial charge in [-0.25, -0.2) is 9.18 Å². The Hall–Kier alpha value is -4.29. The molecular weight excluding hydrogens is 499 g/mol. The minimum absolute atomic E-state index is 0.00707. The number of halogens is 1. The van der Waals surface area contributed by atoms with Gasteiger partial charge in [-0.3, -0.25) is 24.7 Å². The zero-order valence-electron chi connectivity index (χ0n) is 21.0. The zero-order chi connectivity index (χ0) is 27.4. The molecule has 12 nitrogen and oxygen atoms in total. The number of rotatable bonds is 9. The van der Waals surface area contributed by atoms with Gasteiger partial charge in [-0.15, -0.1) is 0 Å². The Labute approximate surface area is 217 Å². The van der Waals surface area contributed by atoms with Gasteiger partial charge in [-0.2, -0.15) is 0 Å². The van der Waals surface area contributed by atoms with Crippen LogP contribution in [0.4, 0.5) is 9.18 Å². The third-order valence-electron chi connectivity index (χ3n) is 6.60. The Balaban J connectivity index is 1.57. The largest absolute Gasteiger partial charge is 0.435 e. The van der Waals surface area contributed by atoms with E-state index in [1.165, 1.54) is 37.4 Å². The molecule has 38 heavy (non-hydrogen) atoms. The summed E-state index contributed by atoms with van der Waals surface area (Å²) in [5.74, 6) is -2.14. The molecule has 1 aromatic carbocycles. The molecular formula is C25H29FN6O6. The van der Waals surface area contributed by atoms with Crippen molar-refractivity contribution in [2.75, 3.05) is 13.6 Å². The standard InChI is InChI=1S/C25H29FN6O6/c1-13-10-19(31-38-13)24(35)30-18(11-14-5-7-16(26)8-6-14)23(34)29-17(12-15-4-3-9-28-22(15)33)20-21(27)32(2)25(36)37-20/h5-8,10,15,17-18,20,27H,3-4,9,11-12H2,1-2H3,(H,28,33)(H,29,34)(H,30,35)/t15-,17-,18-,20-/m0/s1. The molecule has 4 rings (SSSR count). The number of aromatic nitrogens is 1. The number of cyclic esters (lactones) is 1. The average Bonchev–Trinajstić information content (AvgIpc) is 3.44. The Morgan fingerprint density at radius 2 is 2.00 bits per heavy atom. The highest BCUT2D eigenvalue weighted by Crippen LogP contribution is 2.24. The number of amides is 4. The normalized spacial score (nSPS) is 20.9. The predicted octanol–water partition coefficient (Wildman–Crippen LogP) is 1.29. The predicted molar refractivity (Wildman–Crippen MR) is 131 cm³/mol. The van der Waals surface area contributed by atoms with Crippen molar-refractivity contribution in [2.45, 2.75) is 50.8 Å². The second-order valence-corrected chi connectivity index (χ2v) is 9.41. The number of carbonyl (C=O) groups is 4. The van der Waals surface area contributed by atoms with Crippen LogP contribution in [-0.4, -0.2) is 71.5 Å². The molecule has 0 aliphatic carbocycles. The number of aryl methyl sites for hydroxylation is 1. The van der Waals surface area contributed by atoms with Gasteiger partial charge < -0.3 is 25.2 Å². The molecule has 4 N–H and O–H groups in total. The second kappa shape index (κ2) is 11.4. The summed E-state index contributed by atoms with van der Waals surface area (Å²) in [4.78, 5) is 52.0. The summed E-state index contributed by atoms with van der Waals surface area (Å²) in [5, 5.41) is 20.2. The maximum absolute atomic E-state index is 13.6. The van der Waals surface area contributed by atoms with Gasteiger partial charge in [0.25, 0.3) is 5.91 Å². The average molecular weight is 529 g/mol. The molecule has 2 aliphatic rings. The number of likely N-dealkylation sites (N-methyl/N-ethyl adjacent to an activating group) is 1. The maximum atomic E-state index is 13.6. The highest BCUT2D eigenvalue weighted by atomic mass is 19.1. The fourth-order valence-electron chi connectivity index (χ4n) is 4.48. The number of ether oxygens (including phenoxy) is 1. The molecule has 2 aliphatic heterocycles. The summed E-state index contributed by atoms with van der Waals surface area (Å²) >= 11 is 0. The third-order valence-corrected chi connectivity index (χ3v) is 6.60. The first kappa shape index (κ1) is 26.8. The number of hydrogen-bond acceptors (Lipinski definition) is 8. The van der Waals surface area contributed by atoms with Crippen LogP contribution in [0.25, 0.3) is 0 Å². The second-order valence-electron chi connectivity index (χ2n) is 9.41. The van der Waals surface area contributed by atoms with E-state index in [2.05, 4.69) is 21.1 Å². The lowest BCUT2D eigenvalue weighted by Crippen LogP contribution is -2.56. The van der Waals surface area contributed by atoms with Crippen molar-refractivity contribution in [1.29, 1.82) is 5.41 Å². The van der Waals surface area contributed by atoms with Crippen LogP contribution in [0.1, 0.15) is 41.1 Å². The number of amidine groups is 1. The summed E-state index contributed by atoms with van der Waals surface area (Å²) in [6.45, 7) is 2.17. The molecule has 0 radical (unpaired) electrons. The van der Waals surface area contributed by atoms with Crippen LogP contribution in [0.15, 0.2) is 34.9 Å². The lowest BCUT2D eigenvalue weighted by Gasteiger charge is -2.30. The fourth-order valence-corrected chi connectivity index (χ4v) is 4.48. The third kappa shape index (κ3) is 6.15. The number of benzene rings is 1. The van der Waals surface area contributed by atoms with Crippen LogP contribution in [0.2, 0.25) is 0 Å². The quantitative estimate of drug-likeness (QED) is 0.380. The van der Waals surface area contributed by atoms with Crippen molar-refractivity contribution in [3.05, 3.63) is 53.2 Å². The molecule has 2 saturated heterocycles. The van der Waals surface area contributed by atoms with E-state index in [4.69, 9.17) is 14.7 Å². The number of hydrogen-bond donors (Lipinski definition) is 4. The highest BCUT2D eigenvalue weighted by molar-refractivity contribution is 6.02. The van der Waals surface area contributed by atoms with Gasteiger partial charge in [0.15, 0.2) is 11.8 Å². The van der Waals surface area contributed by atoms with Gasteiger partial charge in [0.05, 0.1) is 6.04 Å². The molecule has 4 amide bonds. The van der Waals surface area contributed by atoms with E-state index >= 15 is 0 Å². The van der Waals surface area contributed by atoms with Crippen molar-refractivity contribution < 1.29 is 32.8 Å². The van der Waals surface area contributed by atoms with Crippen LogP contribution in [0, 0.1) is 24.1 Å². The first-order valence-electron chi connectivity index (χ1n) is 12.2. The monoisotopic (exact) mass is 528 g/mol. The Morgan fingerprint density at radius 3 is 2.61 bits per heavy atom. The number of carbonyl (C=O) groups excluding carboxylic acids is 4. The van der Waals surface area contributed by atoms with Crippen LogP contribution in [0.3, 0.4) is 0 Å². The summed E-state index contributed by atoms with van der Waals surface area (Å²) < 4.78 is 23.8. The number of piperidine rings is 1. The van der Waals surface area contributed by atoms with Crippen LogP contribution in [-0.2, 0) is 20.7 Å². The molecule has 0 spiro atoms. The van der Waals surface area contributed by atoms with Gasteiger partial charge in [-0.1, -0.05) is 17.3 Å². The summed E-state index contributed by atoms with van der Waals surface area (Å²) in [6.07, 6.45) is -0.419. The number of nitrogens with one attached hydrogen (secondary N) is 4. The highest BCUT2D eigenvalue weighted by Gasteiger charge is 2.43. The molecule has 4 atom stereocenters. The van der Waals surface area contributed by atoms with E-state index in [1.807, 2.05) is 0 Å². The van der Waals surface area contributed by atoms with E-state index < -0.39 is 47.8 Å². The summed E-state index contributed by atoms with van der Waals surface area (Å²) in [6, 6.07) is 4.84. The van der Waals surface area contributed by atoms with E-state index in [-0.39, 0.29) is 30.3 Å². The molecule has 0 saturated carbocycles. The van der Waals surface area contributed by atoms with Gasteiger partial charge in [0.2, 0.25) is 11.8 Å². The zero-order valence-corrected chi connectivity index (χ0v) is 21.0. The van der Waals surface area contributed by atoms with Crippen molar-refractivity contribution in [3.63, 3.8) is 0 Å². The van der Waals surface area contributed by atoms with Crippen LogP contribution < -0.4 is 16.0 Å². The van der Waals surface area contributed by atoms with Gasteiger partial charge in [0.1, 0.15) is 23.5 Å². The smallest absolute Gasteiger partial charge is 0.415 e. The Bertz CT molecular complexity index is 1230. The molecule has 2 aromatic rings. The summed E-state index contributed by atoms with van der Waals surface area (Å²) in [5.41, 5.74) is 0.550. The lowest BCUT2D eigenvalue weighted by molar-refractivity contribution is -0.128. The van der Waals surface area contributed by atoms with E-state index in [0.29, 0.717) is 24.3 Å². The van der Waals surface area contributed by atoms with E-state index in [1.54, 1.807) is 6.92 Å². The molecule has 202 valence electrons. The van der Waals surface area contributed by atoms with Crippen LogP contribution >= 0.6 is 0 Å². The van der Waals surface area contributed by atoms with E-state index in [9.17, 15) is 23.6 Å². The molecule has 1 aromatic heterocycles. The molecule has 2 fully saturated rings. The molecule has 13 heteroatoms. The topological polar surface area (TPSA) is 167 Å². The van der Waals surface area contributed by atoms with Gasteiger partial charge in [0, 0.05) is 32.0 Å². The van der Waals surface area contributed by atoms with Crippen molar-refractivity contribution in [3.8, 4) is 0 Å². The number of nitrogens with zero attached hydrogens (tertiary/aromatic N) is 2. The minimum atomic E-state index is -1.14. The van der Waals surface area contributed by atoms with E-state index in [0.717, 1.165) is 11.3 Å². The van der Waals surface area contributed by atoms with Crippen molar-refractivity contribution >= 4 is 29.7 Å². The van der Waals surface area contributed by atoms with Gasteiger partial charge in [-0.05, 0) is 43.9 Å². The minimum Gasteiger partial charge on any atom is -0.435 e. The summed E-state index contributed by atoms with van der Waals surface area (Å²) in [7, 11) is 1.38. The molecule has 0 unspecified atom stereocenters. The molecule has 3 heterocycles. The Kier molecular flexibility index (Phi) is 8.03. The first-order valence-corrected chi connectivity index (χ1v) is 12.2. The van der Waals surface area contributed by atoms with Gasteiger partial charge >= 0.3 is 6.09 Å². The maximum Gasteiger partial charge on any atom is 0.415 e. The van der Waals surface area contributed by atoms with Crippen molar-refractivity contribution in [2.24, 2.45) is 5.92 Å². The Morgan fingerprint density at radius 1 is 1.26 bits per heavy atom. The SMILES string of the molecule is Cc1cc(C(=O)N[C@@H](Cc2ccc(F)cc2)C(=O)N[C@@H](C[C@@H]2CCCNC2=O)[C@@H]2OC(=O)N(C)C2=N)no1.